The number of fused-ring (bicyclic) bond motifs is 3. The fourth-order valence-corrected chi connectivity index (χ4v) is 2.51. The van der Waals surface area contributed by atoms with E-state index in [0.717, 1.165) is 11.2 Å². The highest BCUT2D eigenvalue weighted by molar-refractivity contribution is 6.46. The van der Waals surface area contributed by atoms with E-state index in [-0.39, 0.29) is 0 Å². The third-order valence-corrected chi connectivity index (χ3v) is 3.37. The van der Waals surface area contributed by atoms with Crippen molar-refractivity contribution < 1.29 is 14.3 Å². The van der Waals surface area contributed by atoms with Crippen LogP contribution < -0.4 is 10.1 Å². The minimum Gasteiger partial charge on any atom is -0.465 e. The zero-order chi connectivity index (χ0) is 13.6. The molecule has 5 nitrogen and oxygen atoms in total. The molecule has 1 N–H and O–H groups in total. The summed E-state index contributed by atoms with van der Waals surface area (Å²) < 4.78 is 7.25. The predicted octanol–water partition coefficient (Wildman–Crippen LogP) is 1.51. The first-order chi connectivity index (χ1) is 9.15. The Morgan fingerprint density at radius 3 is 2.95 bits per heavy atom. The van der Waals surface area contributed by atoms with E-state index in [1.165, 1.54) is 6.26 Å². The summed E-state index contributed by atoms with van der Waals surface area (Å²) in [7, 11) is 1.86. The maximum Gasteiger partial charge on any atom is 0.292 e. The average molecular weight is 256 g/mol. The molecule has 19 heavy (non-hydrogen) atoms. The number of rotatable bonds is 2. The van der Waals surface area contributed by atoms with Gasteiger partial charge in [-0.15, -0.1) is 0 Å². The lowest BCUT2D eigenvalue weighted by Gasteiger charge is -2.13. The summed E-state index contributed by atoms with van der Waals surface area (Å²) in [6, 6.07) is 5.48. The Morgan fingerprint density at radius 1 is 1.42 bits per heavy atom. The van der Waals surface area contributed by atoms with Crippen molar-refractivity contribution in [1.82, 2.24) is 9.88 Å². The minimum absolute atomic E-state index is 0.346. The van der Waals surface area contributed by atoms with Gasteiger partial charge in [-0.2, -0.15) is 0 Å². The van der Waals surface area contributed by atoms with Crippen LogP contribution in [-0.4, -0.2) is 16.3 Å². The molecular formula is C14H12N2O3. The van der Waals surface area contributed by atoms with Gasteiger partial charge in [-0.25, -0.2) is 0 Å². The van der Waals surface area contributed by atoms with Crippen molar-refractivity contribution >= 4 is 22.6 Å². The lowest BCUT2D eigenvalue weighted by molar-refractivity contribution is -0.117. The number of benzene rings is 1. The number of hydrogen-bond acceptors (Lipinski definition) is 3. The summed E-state index contributed by atoms with van der Waals surface area (Å²) in [5.41, 5.74) is 2.08. The Bertz CT molecular complexity index is 728. The smallest absolute Gasteiger partial charge is 0.292 e. The lowest BCUT2D eigenvalue weighted by atomic mass is 10.0. The number of ketones is 1. The molecule has 0 bridgehead atoms. The van der Waals surface area contributed by atoms with Gasteiger partial charge in [-0.05, 0) is 12.1 Å². The first kappa shape index (κ1) is 11.5. The van der Waals surface area contributed by atoms with Crippen LogP contribution in [0.4, 0.5) is 0 Å². The van der Waals surface area contributed by atoms with Crippen LogP contribution in [0.1, 0.15) is 16.1 Å². The largest absolute Gasteiger partial charge is 0.465 e. The van der Waals surface area contributed by atoms with Gasteiger partial charge in [0.25, 0.3) is 11.7 Å². The molecule has 0 radical (unpaired) electrons. The summed E-state index contributed by atoms with van der Waals surface area (Å²) in [6.45, 7) is 3.87. The Morgan fingerprint density at radius 2 is 2.21 bits per heavy atom. The van der Waals surface area contributed by atoms with Crippen molar-refractivity contribution in [3.63, 3.8) is 0 Å². The molecule has 0 saturated carbocycles. The van der Waals surface area contributed by atoms with Gasteiger partial charge in [0.1, 0.15) is 5.75 Å². The van der Waals surface area contributed by atoms with E-state index in [2.05, 4.69) is 11.9 Å². The van der Waals surface area contributed by atoms with E-state index in [1.807, 2.05) is 23.7 Å². The zero-order valence-corrected chi connectivity index (χ0v) is 10.4. The number of carbonyl (C=O) groups is 2. The molecule has 1 amide bonds. The summed E-state index contributed by atoms with van der Waals surface area (Å²) in [5.74, 6) is -0.562. The predicted molar refractivity (Wildman–Crippen MR) is 69.9 cm³/mol. The van der Waals surface area contributed by atoms with E-state index >= 15 is 0 Å². The molecule has 0 spiro atoms. The second-order valence-electron chi connectivity index (χ2n) is 4.33. The fraction of sp³-hybridized carbons (Fsp3) is 0.143. The number of aryl methyl sites for hydroxylation is 1. The van der Waals surface area contributed by atoms with Gasteiger partial charge in [-0.3, -0.25) is 9.59 Å². The van der Waals surface area contributed by atoms with Crippen molar-refractivity contribution in [1.29, 1.82) is 0 Å². The molecule has 1 aromatic carbocycles. The van der Waals surface area contributed by atoms with Crippen LogP contribution in [-0.2, 0) is 18.4 Å². The van der Waals surface area contributed by atoms with Crippen LogP contribution in [0.3, 0.4) is 0 Å². The fourth-order valence-electron chi connectivity index (χ4n) is 2.51. The molecule has 1 aromatic heterocycles. The van der Waals surface area contributed by atoms with E-state index in [4.69, 9.17) is 4.74 Å². The molecule has 0 aliphatic carbocycles. The number of nitrogens with one attached hydrogen (secondary N) is 1. The number of amides is 1. The highest BCUT2D eigenvalue weighted by Crippen LogP contribution is 2.34. The standard InChI is InChI=1S/C14H12N2O3/c1-3-19-10-6-4-5-8-11(10)12-9(16(8)2)7-15-14(18)13(12)17/h3-6H,1,7H2,2H3,(H,15,18). The van der Waals surface area contributed by atoms with Gasteiger partial charge < -0.3 is 14.6 Å². The molecule has 1 aliphatic rings. The molecule has 2 heterocycles. The third-order valence-electron chi connectivity index (χ3n) is 3.37. The average Bonchev–Trinajstić information content (AvgIpc) is 2.70. The van der Waals surface area contributed by atoms with Crippen LogP contribution in [0.25, 0.3) is 10.9 Å². The maximum atomic E-state index is 12.1. The van der Waals surface area contributed by atoms with Crippen molar-refractivity contribution in [3.05, 3.63) is 42.3 Å². The van der Waals surface area contributed by atoms with Crippen LogP contribution >= 0.6 is 0 Å². The van der Waals surface area contributed by atoms with Gasteiger partial charge in [0.2, 0.25) is 0 Å². The molecule has 1 aliphatic heterocycles. The second kappa shape index (κ2) is 3.98. The van der Waals surface area contributed by atoms with Gasteiger partial charge in [-0.1, -0.05) is 12.6 Å². The van der Waals surface area contributed by atoms with Crippen LogP contribution in [0.2, 0.25) is 0 Å². The summed E-state index contributed by atoms with van der Waals surface area (Å²) in [4.78, 5) is 23.6. The van der Waals surface area contributed by atoms with E-state index < -0.39 is 11.7 Å². The van der Waals surface area contributed by atoms with Gasteiger partial charge in [0, 0.05) is 12.7 Å². The topological polar surface area (TPSA) is 60.3 Å². The van der Waals surface area contributed by atoms with Crippen LogP contribution in [0.15, 0.2) is 31.0 Å². The third kappa shape index (κ3) is 1.48. The highest BCUT2D eigenvalue weighted by Gasteiger charge is 2.31. The molecule has 3 rings (SSSR count). The lowest BCUT2D eigenvalue weighted by Crippen LogP contribution is -2.36. The number of carbonyl (C=O) groups excluding carboxylic acids is 2. The normalized spacial score (nSPS) is 14.2. The van der Waals surface area contributed by atoms with E-state index in [0.29, 0.717) is 23.2 Å². The number of nitrogens with zero attached hydrogens (tertiary/aromatic N) is 1. The summed E-state index contributed by atoms with van der Waals surface area (Å²) in [5, 5.41) is 3.24. The second-order valence-corrected chi connectivity index (χ2v) is 4.33. The Hall–Kier alpha value is -2.56. The SMILES string of the molecule is C=COc1cccc2c1c1c(n2C)CNC(=O)C1=O. The quantitative estimate of drug-likeness (QED) is 0.654. The number of ether oxygens (including phenoxy) is 1. The Balaban J connectivity index is 2.42. The molecule has 96 valence electrons. The van der Waals surface area contributed by atoms with Gasteiger partial charge >= 0.3 is 0 Å². The monoisotopic (exact) mass is 256 g/mol. The zero-order valence-electron chi connectivity index (χ0n) is 10.4. The molecule has 0 unspecified atom stereocenters. The van der Waals surface area contributed by atoms with Gasteiger partial charge in [0.05, 0.1) is 29.3 Å². The maximum absolute atomic E-state index is 12.1. The van der Waals surface area contributed by atoms with E-state index in [1.54, 1.807) is 6.07 Å². The molecule has 0 fully saturated rings. The van der Waals surface area contributed by atoms with Crippen molar-refractivity contribution in [3.8, 4) is 5.75 Å². The molecule has 5 heteroatoms. The highest BCUT2D eigenvalue weighted by atomic mass is 16.5. The Labute approximate surface area is 109 Å². The first-order valence-electron chi connectivity index (χ1n) is 5.85. The number of aromatic nitrogens is 1. The van der Waals surface area contributed by atoms with Gasteiger partial charge in [0.15, 0.2) is 0 Å². The van der Waals surface area contributed by atoms with Crippen molar-refractivity contribution in [2.24, 2.45) is 7.05 Å². The molecule has 0 atom stereocenters. The molecular weight excluding hydrogens is 244 g/mol. The van der Waals surface area contributed by atoms with Crippen LogP contribution in [0.5, 0.6) is 5.75 Å². The van der Waals surface area contributed by atoms with E-state index in [9.17, 15) is 9.59 Å². The number of hydrogen-bond donors (Lipinski definition) is 1. The minimum atomic E-state index is -0.576. The van der Waals surface area contributed by atoms with Crippen molar-refractivity contribution in [2.45, 2.75) is 6.54 Å². The summed E-state index contributed by atoms with van der Waals surface area (Å²) in [6.07, 6.45) is 1.31. The number of Topliss-reactive ketones (excluding diaryl/α,β-unsaturated/α-hetero) is 1. The Kier molecular flexibility index (Phi) is 2.41. The van der Waals surface area contributed by atoms with Crippen molar-refractivity contribution in [2.75, 3.05) is 0 Å². The first-order valence-corrected chi connectivity index (χ1v) is 5.85. The molecule has 0 saturated heterocycles. The van der Waals surface area contributed by atoms with Crippen LogP contribution in [0, 0.1) is 0 Å². The summed E-state index contributed by atoms with van der Waals surface area (Å²) >= 11 is 0. The molecule has 2 aromatic rings.